The Bertz CT molecular complexity index is 589. The third-order valence-electron chi connectivity index (χ3n) is 2.60. The summed E-state index contributed by atoms with van der Waals surface area (Å²) in [6, 6.07) is 4.97. The van der Waals surface area contributed by atoms with Crippen molar-refractivity contribution in [3.8, 4) is 0 Å². The van der Waals surface area contributed by atoms with E-state index in [2.05, 4.69) is 20.8 Å². The van der Waals surface area contributed by atoms with E-state index >= 15 is 0 Å². The van der Waals surface area contributed by atoms with Gasteiger partial charge in [-0.2, -0.15) is 0 Å². The number of aryl methyl sites for hydroxylation is 1. The maximum absolute atomic E-state index is 13.6. The van der Waals surface area contributed by atoms with Gasteiger partial charge in [0.15, 0.2) is 0 Å². The number of aromatic nitrogens is 2. The lowest BCUT2D eigenvalue weighted by atomic mass is 10.1. The molecule has 0 unspecified atom stereocenters. The van der Waals surface area contributed by atoms with Crippen LogP contribution in [-0.4, -0.2) is 15.7 Å². The van der Waals surface area contributed by atoms with Crippen LogP contribution in [0.15, 0.2) is 22.6 Å². The van der Waals surface area contributed by atoms with Crippen molar-refractivity contribution in [3.05, 3.63) is 35.5 Å². The Balaban J connectivity index is 2.04. The average Bonchev–Trinajstić information content (AvgIpc) is 2.78. The second kappa shape index (κ2) is 5.58. The standard InChI is InChI=1S/C14H19FN4O/c1-9-5-6-10(15)11(7-9)17-13-19-18-12(20-13)8-16-14(2,3)4/h5-7,16H,8H2,1-4H3,(H,17,19). The number of hydrogen-bond acceptors (Lipinski definition) is 5. The van der Waals surface area contributed by atoms with Crippen LogP contribution in [0.2, 0.25) is 0 Å². The summed E-state index contributed by atoms with van der Waals surface area (Å²) in [4.78, 5) is 0. The fourth-order valence-electron chi connectivity index (χ4n) is 1.57. The molecule has 1 aromatic heterocycles. The van der Waals surface area contributed by atoms with Gasteiger partial charge in [0.05, 0.1) is 12.2 Å². The zero-order chi connectivity index (χ0) is 14.8. The number of nitrogens with zero attached hydrogens (tertiary/aromatic N) is 2. The first kappa shape index (κ1) is 14.5. The van der Waals surface area contributed by atoms with Gasteiger partial charge < -0.3 is 15.1 Å². The molecule has 0 aliphatic heterocycles. The molecule has 0 aliphatic rings. The van der Waals surface area contributed by atoms with Crippen molar-refractivity contribution in [2.45, 2.75) is 39.8 Å². The zero-order valence-electron chi connectivity index (χ0n) is 12.1. The highest BCUT2D eigenvalue weighted by Crippen LogP contribution is 2.20. The summed E-state index contributed by atoms with van der Waals surface area (Å²) in [6.07, 6.45) is 0. The molecule has 0 atom stereocenters. The number of benzene rings is 1. The van der Waals surface area contributed by atoms with Crippen LogP contribution in [0.3, 0.4) is 0 Å². The molecule has 2 rings (SSSR count). The molecule has 1 aromatic carbocycles. The van der Waals surface area contributed by atoms with E-state index in [-0.39, 0.29) is 17.4 Å². The Morgan fingerprint density at radius 2 is 2.00 bits per heavy atom. The van der Waals surface area contributed by atoms with Crippen molar-refractivity contribution in [2.75, 3.05) is 5.32 Å². The largest absolute Gasteiger partial charge is 0.406 e. The van der Waals surface area contributed by atoms with Gasteiger partial charge in [0, 0.05) is 5.54 Å². The smallest absolute Gasteiger partial charge is 0.320 e. The van der Waals surface area contributed by atoms with E-state index in [9.17, 15) is 4.39 Å². The van der Waals surface area contributed by atoms with Gasteiger partial charge in [0.2, 0.25) is 5.89 Å². The molecule has 108 valence electrons. The third-order valence-corrected chi connectivity index (χ3v) is 2.60. The van der Waals surface area contributed by atoms with Gasteiger partial charge in [0.25, 0.3) is 0 Å². The highest BCUT2D eigenvalue weighted by molar-refractivity contribution is 5.54. The molecule has 2 aromatic rings. The van der Waals surface area contributed by atoms with Crippen LogP contribution in [0.4, 0.5) is 16.1 Å². The Morgan fingerprint density at radius 3 is 2.70 bits per heavy atom. The van der Waals surface area contributed by atoms with Gasteiger partial charge in [-0.1, -0.05) is 11.2 Å². The summed E-state index contributed by atoms with van der Waals surface area (Å²) < 4.78 is 19.0. The van der Waals surface area contributed by atoms with Crippen LogP contribution in [-0.2, 0) is 6.54 Å². The summed E-state index contributed by atoms with van der Waals surface area (Å²) in [7, 11) is 0. The van der Waals surface area contributed by atoms with E-state index in [0.29, 0.717) is 18.1 Å². The minimum atomic E-state index is -0.358. The second-order valence-electron chi connectivity index (χ2n) is 5.71. The van der Waals surface area contributed by atoms with Gasteiger partial charge in [-0.25, -0.2) is 4.39 Å². The highest BCUT2D eigenvalue weighted by atomic mass is 19.1. The van der Waals surface area contributed by atoms with E-state index in [1.54, 1.807) is 12.1 Å². The molecular weight excluding hydrogens is 259 g/mol. The molecule has 0 saturated carbocycles. The molecule has 0 spiro atoms. The second-order valence-corrected chi connectivity index (χ2v) is 5.71. The monoisotopic (exact) mass is 278 g/mol. The van der Waals surface area contributed by atoms with Crippen molar-refractivity contribution in [2.24, 2.45) is 0 Å². The molecule has 0 aliphatic carbocycles. The van der Waals surface area contributed by atoms with Crippen LogP contribution in [0, 0.1) is 12.7 Å². The maximum atomic E-state index is 13.6. The lowest BCUT2D eigenvalue weighted by Crippen LogP contribution is -2.35. The highest BCUT2D eigenvalue weighted by Gasteiger charge is 2.13. The van der Waals surface area contributed by atoms with Gasteiger partial charge in [-0.05, 0) is 45.4 Å². The van der Waals surface area contributed by atoms with Gasteiger partial charge >= 0.3 is 6.01 Å². The molecule has 0 radical (unpaired) electrons. The molecule has 6 heteroatoms. The van der Waals surface area contributed by atoms with Crippen LogP contribution < -0.4 is 10.6 Å². The minimum Gasteiger partial charge on any atom is -0.406 e. The predicted molar refractivity (Wildman–Crippen MR) is 75.3 cm³/mol. The fourth-order valence-corrected chi connectivity index (χ4v) is 1.57. The molecule has 5 nitrogen and oxygen atoms in total. The summed E-state index contributed by atoms with van der Waals surface area (Å²) >= 11 is 0. The number of nitrogens with one attached hydrogen (secondary N) is 2. The number of halogens is 1. The molecule has 0 amide bonds. The maximum Gasteiger partial charge on any atom is 0.320 e. The topological polar surface area (TPSA) is 63.0 Å². The van der Waals surface area contributed by atoms with Crippen molar-refractivity contribution in [1.82, 2.24) is 15.5 Å². The molecular formula is C14H19FN4O. The molecule has 0 fully saturated rings. The third kappa shape index (κ3) is 4.03. The Labute approximate surface area is 117 Å². The predicted octanol–water partition coefficient (Wildman–Crippen LogP) is 3.15. The fraction of sp³-hybridized carbons (Fsp3) is 0.429. The number of hydrogen-bond donors (Lipinski definition) is 2. The minimum absolute atomic E-state index is 0.0370. The summed E-state index contributed by atoms with van der Waals surface area (Å²) in [5.74, 6) is 0.0960. The molecule has 1 heterocycles. The normalized spacial score (nSPS) is 11.7. The summed E-state index contributed by atoms with van der Waals surface area (Å²) in [5, 5.41) is 13.8. The van der Waals surface area contributed by atoms with Gasteiger partial charge in [-0.15, -0.1) is 5.10 Å². The zero-order valence-corrected chi connectivity index (χ0v) is 12.1. The number of rotatable bonds is 4. The van der Waals surface area contributed by atoms with Gasteiger partial charge in [0.1, 0.15) is 5.82 Å². The Hall–Kier alpha value is -1.95. The summed E-state index contributed by atoms with van der Waals surface area (Å²) in [5.41, 5.74) is 1.23. The lowest BCUT2D eigenvalue weighted by molar-refractivity contribution is 0.384. The van der Waals surface area contributed by atoms with E-state index in [1.807, 2.05) is 27.7 Å². The molecule has 0 bridgehead atoms. The summed E-state index contributed by atoms with van der Waals surface area (Å²) in [6.45, 7) is 8.49. The van der Waals surface area contributed by atoms with Crippen LogP contribution in [0.5, 0.6) is 0 Å². The van der Waals surface area contributed by atoms with Crippen molar-refractivity contribution < 1.29 is 8.81 Å². The SMILES string of the molecule is Cc1ccc(F)c(Nc2nnc(CNC(C)(C)C)o2)c1. The van der Waals surface area contributed by atoms with E-state index in [4.69, 9.17) is 4.42 Å². The first-order valence-corrected chi connectivity index (χ1v) is 6.44. The van der Waals surface area contributed by atoms with E-state index in [0.717, 1.165) is 5.56 Å². The Morgan fingerprint density at radius 1 is 1.25 bits per heavy atom. The van der Waals surface area contributed by atoms with Crippen molar-refractivity contribution >= 4 is 11.7 Å². The Kier molecular flexibility index (Phi) is 4.04. The van der Waals surface area contributed by atoms with Crippen LogP contribution in [0.1, 0.15) is 32.2 Å². The average molecular weight is 278 g/mol. The first-order chi connectivity index (χ1) is 9.33. The van der Waals surface area contributed by atoms with Crippen LogP contribution >= 0.6 is 0 Å². The van der Waals surface area contributed by atoms with Crippen molar-refractivity contribution in [1.29, 1.82) is 0 Å². The lowest BCUT2D eigenvalue weighted by Gasteiger charge is -2.18. The van der Waals surface area contributed by atoms with Gasteiger partial charge in [-0.3, -0.25) is 0 Å². The van der Waals surface area contributed by atoms with E-state index < -0.39 is 0 Å². The van der Waals surface area contributed by atoms with Crippen LogP contribution in [0.25, 0.3) is 0 Å². The quantitative estimate of drug-likeness (QED) is 0.899. The first-order valence-electron chi connectivity index (χ1n) is 6.44. The molecule has 0 saturated heterocycles. The van der Waals surface area contributed by atoms with Crippen molar-refractivity contribution in [3.63, 3.8) is 0 Å². The molecule has 20 heavy (non-hydrogen) atoms. The van der Waals surface area contributed by atoms with E-state index in [1.165, 1.54) is 6.07 Å². The number of anilines is 2. The molecule has 2 N–H and O–H groups in total.